The van der Waals surface area contributed by atoms with Crippen LogP contribution >= 0.6 is 0 Å². The SMILES string of the molecule is CC1C[I-]C2[I-]C(C)C(C)C12. The van der Waals surface area contributed by atoms with Gasteiger partial charge in [-0.3, -0.25) is 0 Å². The molecule has 0 bridgehead atoms. The van der Waals surface area contributed by atoms with E-state index in [9.17, 15) is 0 Å². The average Bonchev–Trinajstić information content (AvgIpc) is 2.41. The molecule has 0 aromatic rings. The van der Waals surface area contributed by atoms with E-state index in [2.05, 4.69) is 20.8 Å². The first kappa shape index (κ1) is 9.03. The second kappa shape index (κ2) is 3.31. The van der Waals surface area contributed by atoms with E-state index in [1.54, 1.807) is 4.43 Å². The van der Waals surface area contributed by atoms with Crippen LogP contribution < -0.4 is 42.4 Å². The van der Waals surface area contributed by atoms with Gasteiger partial charge in [0.05, 0.1) is 0 Å². The van der Waals surface area contributed by atoms with Gasteiger partial charge in [-0.1, -0.05) is 0 Å². The van der Waals surface area contributed by atoms with Crippen LogP contribution in [0.4, 0.5) is 0 Å². The number of hydrogen-bond donors (Lipinski definition) is 0. The van der Waals surface area contributed by atoms with Crippen LogP contribution in [0.15, 0.2) is 0 Å². The Balaban J connectivity index is 2.13. The van der Waals surface area contributed by atoms with Gasteiger partial charge in [0, 0.05) is 0 Å². The van der Waals surface area contributed by atoms with Crippen molar-refractivity contribution in [1.29, 1.82) is 0 Å². The molecule has 0 saturated carbocycles. The molecule has 11 heavy (non-hydrogen) atoms. The number of rotatable bonds is 0. The van der Waals surface area contributed by atoms with Gasteiger partial charge in [0.2, 0.25) is 0 Å². The molecule has 0 aromatic carbocycles. The molecule has 0 spiro atoms. The molecule has 0 aromatic heterocycles. The Kier molecular flexibility index (Phi) is 2.72. The molecule has 2 saturated heterocycles. The molecule has 2 aliphatic heterocycles. The number of halogens is 2. The molecule has 2 heteroatoms. The van der Waals surface area contributed by atoms with Crippen molar-refractivity contribution in [3.8, 4) is 0 Å². The first-order chi connectivity index (χ1) is 5.20. The van der Waals surface area contributed by atoms with E-state index < -0.39 is 0 Å². The topological polar surface area (TPSA) is 0 Å². The van der Waals surface area contributed by atoms with E-state index in [4.69, 9.17) is 0 Å². The molecule has 0 aliphatic carbocycles. The Morgan fingerprint density at radius 3 is 2.55 bits per heavy atom. The third-order valence-electron chi connectivity index (χ3n) is 3.08. The Morgan fingerprint density at radius 2 is 1.91 bits per heavy atom. The maximum absolute atomic E-state index is 2.51. The van der Waals surface area contributed by atoms with Gasteiger partial charge in [-0.25, -0.2) is 0 Å². The summed E-state index contributed by atoms with van der Waals surface area (Å²) in [7, 11) is 0. The van der Waals surface area contributed by atoms with Crippen molar-refractivity contribution < 1.29 is 42.4 Å². The van der Waals surface area contributed by atoms with Crippen LogP contribution in [-0.4, -0.2) is 10.3 Å². The van der Waals surface area contributed by atoms with Crippen molar-refractivity contribution in [3.05, 3.63) is 0 Å². The van der Waals surface area contributed by atoms with Crippen molar-refractivity contribution in [3.63, 3.8) is 0 Å². The molecule has 0 nitrogen and oxygen atoms in total. The van der Waals surface area contributed by atoms with Crippen LogP contribution in [0.2, 0.25) is 0 Å². The Labute approximate surface area is 90.4 Å². The first-order valence-electron chi connectivity index (χ1n) is 4.40. The molecule has 2 heterocycles. The number of alkyl halides is 4. The van der Waals surface area contributed by atoms with Gasteiger partial charge in [-0.15, -0.1) is 0 Å². The second-order valence-corrected chi connectivity index (χ2v) is 13.4. The predicted molar refractivity (Wildman–Crippen MR) is 39.9 cm³/mol. The molecule has 5 unspecified atom stereocenters. The summed E-state index contributed by atoms with van der Waals surface area (Å²) in [5.41, 5.74) is 0. The van der Waals surface area contributed by atoms with Crippen molar-refractivity contribution in [1.82, 2.24) is 0 Å². The molecule has 0 radical (unpaired) electrons. The zero-order valence-corrected chi connectivity index (χ0v) is 11.7. The second-order valence-electron chi connectivity index (χ2n) is 3.86. The minimum atomic E-state index is 0.617. The summed E-state index contributed by atoms with van der Waals surface area (Å²) in [6, 6.07) is 0. The van der Waals surface area contributed by atoms with Crippen LogP contribution in [0.25, 0.3) is 0 Å². The van der Waals surface area contributed by atoms with Gasteiger partial charge in [-0.2, -0.15) is 0 Å². The normalized spacial score (nSPS) is 57.9. The molecule has 68 valence electrons. The van der Waals surface area contributed by atoms with Gasteiger partial charge in [0.1, 0.15) is 0 Å². The summed E-state index contributed by atoms with van der Waals surface area (Å²) < 4.78 is 4.11. The van der Waals surface area contributed by atoms with Gasteiger partial charge < -0.3 is 0 Å². The van der Waals surface area contributed by atoms with Crippen LogP contribution in [0.1, 0.15) is 20.8 Å². The zero-order valence-electron chi connectivity index (χ0n) is 7.35. The maximum atomic E-state index is 2.51. The summed E-state index contributed by atoms with van der Waals surface area (Å²) in [6.45, 7) is 7.52. The monoisotopic (exact) mass is 378 g/mol. The van der Waals surface area contributed by atoms with E-state index in [-0.39, 0.29) is 0 Å². The number of hydrogen-bond acceptors (Lipinski definition) is 0. The Bertz CT molecular complexity index is 156. The van der Waals surface area contributed by atoms with E-state index in [1.165, 1.54) is 7.85 Å². The third kappa shape index (κ3) is 1.46. The van der Waals surface area contributed by atoms with Crippen molar-refractivity contribution in [2.45, 2.75) is 26.6 Å². The Morgan fingerprint density at radius 1 is 1.18 bits per heavy atom. The summed E-state index contributed by atoms with van der Waals surface area (Å²) in [4.78, 5) is 0. The van der Waals surface area contributed by atoms with Crippen LogP contribution in [-0.2, 0) is 0 Å². The van der Waals surface area contributed by atoms with Crippen LogP contribution in [0.5, 0.6) is 0 Å². The standard InChI is InChI=1S/C9H16I2/c1-5-4-10-9-8(5)6(2)7(3)11-9/h5-9H,4H2,1-3H3/q-2. The molecule has 5 atom stereocenters. The Hall–Kier alpha value is 1.46. The average molecular weight is 378 g/mol. The first-order valence-corrected chi connectivity index (χ1v) is 9.66. The minimum absolute atomic E-state index is 0.617. The summed E-state index contributed by atoms with van der Waals surface area (Å²) in [6.07, 6.45) is 0. The predicted octanol–water partition coefficient (Wildman–Crippen LogP) is -4.21. The third-order valence-corrected chi connectivity index (χ3v) is 14.5. The van der Waals surface area contributed by atoms with E-state index >= 15 is 0 Å². The molecule has 2 rings (SSSR count). The fraction of sp³-hybridized carbons (Fsp3) is 1.00. The van der Waals surface area contributed by atoms with E-state index in [0.717, 1.165) is 15.8 Å². The fourth-order valence-electron chi connectivity index (χ4n) is 2.16. The van der Waals surface area contributed by atoms with Crippen LogP contribution in [0.3, 0.4) is 0 Å². The number of fused-ring (bicyclic) bond motifs is 1. The van der Waals surface area contributed by atoms with Crippen molar-refractivity contribution >= 4 is 0 Å². The van der Waals surface area contributed by atoms with Gasteiger partial charge in [0.25, 0.3) is 0 Å². The molecular weight excluding hydrogens is 362 g/mol. The molecule has 2 aliphatic rings. The molecular formula is C9H16I2-2. The van der Waals surface area contributed by atoms with Crippen molar-refractivity contribution in [2.24, 2.45) is 17.8 Å². The van der Waals surface area contributed by atoms with Gasteiger partial charge in [0.15, 0.2) is 0 Å². The van der Waals surface area contributed by atoms with Crippen molar-refractivity contribution in [2.75, 3.05) is 4.43 Å². The molecule has 2 fully saturated rings. The van der Waals surface area contributed by atoms with Gasteiger partial charge >= 0.3 is 91.2 Å². The zero-order chi connectivity index (χ0) is 8.01. The summed E-state index contributed by atoms with van der Waals surface area (Å²) in [5.74, 6) is 3.38. The van der Waals surface area contributed by atoms with E-state index in [0.29, 0.717) is 42.4 Å². The summed E-state index contributed by atoms with van der Waals surface area (Å²) >= 11 is 1.27. The molecule has 0 N–H and O–H groups in total. The van der Waals surface area contributed by atoms with Crippen LogP contribution in [0, 0.1) is 17.8 Å². The van der Waals surface area contributed by atoms with Gasteiger partial charge in [-0.05, 0) is 0 Å². The fourth-order valence-corrected chi connectivity index (χ4v) is 15.7. The van der Waals surface area contributed by atoms with E-state index in [1.807, 2.05) is 0 Å². The molecule has 0 amide bonds. The summed E-state index contributed by atoms with van der Waals surface area (Å²) in [5, 5.41) is 0. The quantitative estimate of drug-likeness (QED) is 0.297.